The summed E-state index contributed by atoms with van der Waals surface area (Å²) >= 11 is 0. The molecule has 3 rings (SSSR count). The van der Waals surface area contributed by atoms with E-state index >= 15 is 0 Å². The first kappa shape index (κ1) is 21.1. The fourth-order valence-corrected chi connectivity index (χ4v) is 4.86. The van der Waals surface area contributed by atoms with E-state index < -0.39 is 10.0 Å². The number of piperidine rings is 1. The van der Waals surface area contributed by atoms with Gasteiger partial charge in [0.15, 0.2) is 0 Å². The Balaban J connectivity index is 0.00000243. The molecule has 2 aliphatic heterocycles. The predicted molar refractivity (Wildman–Crippen MR) is 101 cm³/mol. The molecule has 1 atom stereocenters. The number of hydrogen-bond donors (Lipinski definition) is 1. The summed E-state index contributed by atoms with van der Waals surface area (Å²) in [7, 11) is -3.61. The number of carbonyl (C=O) groups excluding carboxylic acids is 1. The van der Waals surface area contributed by atoms with Gasteiger partial charge in [0.05, 0.1) is 18.1 Å². The number of halogens is 1. The van der Waals surface area contributed by atoms with Gasteiger partial charge >= 0.3 is 0 Å². The van der Waals surface area contributed by atoms with Gasteiger partial charge in [0.1, 0.15) is 0 Å². The summed E-state index contributed by atoms with van der Waals surface area (Å²) in [6.45, 7) is 2.55. The van der Waals surface area contributed by atoms with Crippen LogP contribution in [0.4, 0.5) is 0 Å². The molecule has 0 bridgehead atoms. The van der Waals surface area contributed by atoms with Crippen molar-refractivity contribution in [2.45, 2.75) is 30.2 Å². The van der Waals surface area contributed by atoms with Crippen molar-refractivity contribution in [3.05, 3.63) is 29.8 Å². The van der Waals surface area contributed by atoms with Crippen LogP contribution in [0.15, 0.2) is 29.2 Å². The second-order valence-corrected chi connectivity index (χ2v) is 8.37. The van der Waals surface area contributed by atoms with Crippen LogP contribution in [0.1, 0.15) is 29.6 Å². The summed E-state index contributed by atoms with van der Waals surface area (Å²) < 4.78 is 32.2. The predicted octanol–water partition coefficient (Wildman–Crippen LogP) is 1.08. The first-order valence-corrected chi connectivity index (χ1v) is 10.2. The van der Waals surface area contributed by atoms with Gasteiger partial charge in [0, 0.05) is 37.8 Å². The standard InChI is InChI=1S/C17H25N3O4S.ClH/c18-13-15-5-1-2-7-20(15)17(21)14-4-3-6-16(12-14)25(22,23)19-8-10-24-11-9-19;/h3-4,6,12,15H,1-2,5,7-11,13,18H2;1H. The molecule has 26 heavy (non-hydrogen) atoms. The van der Waals surface area contributed by atoms with E-state index in [0.29, 0.717) is 45.0 Å². The van der Waals surface area contributed by atoms with Gasteiger partial charge in [-0.2, -0.15) is 4.31 Å². The number of ether oxygens (including phenoxy) is 1. The van der Waals surface area contributed by atoms with Gasteiger partial charge in [0.25, 0.3) is 5.91 Å². The average Bonchev–Trinajstić information content (AvgIpc) is 2.68. The molecule has 2 N–H and O–H groups in total. The number of rotatable bonds is 4. The highest BCUT2D eigenvalue weighted by atomic mass is 35.5. The van der Waals surface area contributed by atoms with Crippen LogP contribution in [-0.2, 0) is 14.8 Å². The van der Waals surface area contributed by atoms with Crippen LogP contribution in [0.5, 0.6) is 0 Å². The van der Waals surface area contributed by atoms with Gasteiger partial charge in [-0.05, 0) is 37.5 Å². The molecule has 1 unspecified atom stereocenters. The zero-order valence-electron chi connectivity index (χ0n) is 14.7. The fraction of sp³-hybridized carbons (Fsp3) is 0.588. The van der Waals surface area contributed by atoms with Crippen molar-refractivity contribution in [1.82, 2.24) is 9.21 Å². The first-order valence-electron chi connectivity index (χ1n) is 8.73. The summed E-state index contributed by atoms with van der Waals surface area (Å²) in [4.78, 5) is 14.8. The summed E-state index contributed by atoms with van der Waals surface area (Å²) in [5.41, 5.74) is 6.20. The van der Waals surface area contributed by atoms with Crippen LogP contribution in [0.25, 0.3) is 0 Å². The maximum Gasteiger partial charge on any atom is 0.254 e. The summed E-state index contributed by atoms with van der Waals surface area (Å²) in [6, 6.07) is 6.35. The smallest absolute Gasteiger partial charge is 0.254 e. The van der Waals surface area contributed by atoms with E-state index in [1.165, 1.54) is 16.4 Å². The highest BCUT2D eigenvalue weighted by Gasteiger charge is 2.29. The molecular formula is C17H26ClN3O4S. The maximum absolute atomic E-state index is 12.9. The van der Waals surface area contributed by atoms with Crippen molar-refractivity contribution in [2.24, 2.45) is 5.73 Å². The lowest BCUT2D eigenvalue weighted by atomic mass is 10.0. The summed E-state index contributed by atoms with van der Waals surface area (Å²) in [5.74, 6) is -0.144. The van der Waals surface area contributed by atoms with Gasteiger partial charge in [-0.25, -0.2) is 8.42 Å². The van der Waals surface area contributed by atoms with E-state index in [4.69, 9.17) is 10.5 Å². The third-order valence-electron chi connectivity index (χ3n) is 4.85. The number of likely N-dealkylation sites (tertiary alicyclic amines) is 1. The molecule has 9 heteroatoms. The Morgan fingerprint density at radius 2 is 1.92 bits per heavy atom. The topological polar surface area (TPSA) is 92.9 Å². The SMILES string of the molecule is Cl.NCC1CCCCN1C(=O)c1cccc(S(=O)(=O)N2CCOCC2)c1. The number of sulfonamides is 1. The van der Waals surface area contributed by atoms with Gasteiger partial charge in [-0.15, -0.1) is 12.4 Å². The van der Waals surface area contributed by atoms with Gasteiger partial charge in [0.2, 0.25) is 10.0 Å². The van der Waals surface area contributed by atoms with Gasteiger partial charge in [-0.1, -0.05) is 6.07 Å². The average molecular weight is 404 g/mol. The quantitative estimate of drug-likeness (QED) is 0.812. The minimum atomic E-state index is -3.61. The number of morpholine rings is 1. The molecule has 0 spiro atoms. The summed E-state index contributed by atoms with van der Waals surface area (Å²) in [5, 5.41) is 0. The van der Waals surface area contributed by atoms with Crippen LogP contribution in [-0.4, -0.2) is 69.0 Å². The number of carbonyl (C=O) groups is 1. The lowest BCUT2D eigenvalue weighted by Crippen LogP contribution is -2.47. The molecule has 0 saturated carbocycles. The second kappa shape index (κ2) is 9.14. The van der Waals surface area contributed by atoms with Crippen LogP contribution in [0, 0.1) is 0 Å². The Labute approximate surface area is 160 Å². The third-order valence-corrected chi connectivity index (χ3v) is 6.74. The van der Waals surface area contributed by atoms with Crippen LogP contribution >= 0.6 is 12.4 Å². The lowest BCUT2D eigenvalue weighted by Gasteiger charge is -2.35. The first-order chi connectivity index (χ1) is 12.0. The van der Waals surface area contributed by atoms with Gasteiger partial charge in [-0.3, -0.25) is 4.79 Å². The Kier molecular flexibility index (Phi) is 7.42. The van der Waals surface area contributed by atoms with E-state index in [1.807, 2.05) is 0 Å². The molecule has 0 radical (unpaired) electrons. The van der Waals surface area contributed by atoms with Gasteiger partial charge < -0.3 is 15.4 Å². The molecule has 146 valence electrons. The second-order valence-electron chi connectivity index (χ2n) is 6.43. The van der Waals surface area contributed by atoms with E-state index in [2.05, 4.69) is 0 Å². The molecule has 2 heterocycles. The van der Waals surface area contributed by atoms with E-state index in [1.54, 1.807) is 17.0 Å². The Bertz CT molecular complexity index is 722. The lowest BCUT2D eigenvalue weighted by molar-refractivity contribution is 0.0623. The highest BCUT2D eigenvalue weighted by Crippen LogP contribution is 2.22. The minimum Gasteiger partial charge on any atom is -0.379 e. The molecule has 1 aromatic rings. The van der Waals surface area contributed by atoms with Crippen LogP contribution < -0.4 is 5.73 Å². The molecule has 0 aromatic heterocycles. The zero-order valence-corrected chi connectivity index (χ0v) is 16.3. The van der Waals surface area contributed by atoms with Crippen molar-refractivity contribution in [3.63, 3.8) is 0 Å². The largest absolute Gasteiger partial charge is 0.379 e. The minimum absolute atomic E-state index is 0. The molecule has 1 amide bonds. The normalized spacial score (nSPS) is 21.9. The van der Waals surface area contributed by atoms with Crippen LogP contribution in [0.2, 0.25) is 0 Å². The molecule has 7 nitrogen and oxygen atoms in total. The van der Waals surface area contributed by atoms with Crippen molar-refractivity contribution >= 4 is 28.3 Å². The number of benzene rings is 1. The number of nitrogens with two attached hydrogens (primary N) is 1. The van der Waals surface area contributed by atoms with E-state index in [-0.39, 0.29) is 29.3 Å². The Morgan fingerprint density at radius 1 is 1.19 bits per heavy atom. The third kappa shape index (κ3) is 4.37. The number of amides is 1. The Morgan fingerprint density at radius 3 is 2.62 bits per heavy atom. The van der Waals surface area contributed by atoms with Crippen LogP contribution in [0.3, 0.4) is 0 Å². The Hall–Kier alpha value is -1.19. The van der Waals surface area contributed by atoms with E-state index in [9.17, 15) is 13.2 Å². The molecule has 0 aliphatic carbocycles. The summed E-state index contributed by atoms with van der Waals surface area (Å²) in [6.07, 6.45) is 2.92. The van der Waals surface area contributed by atoms with Crippen molar-refractivity contribution in [2.75, 3.05) is 39.4 Å². The molecule has 2 fully saturated rings. The van der Waals surface area contributed by atoms with E-state index in [0.717, 1.165) is 19.3 Å². The highest BCUT2D eigenvalue weighted by molar-refractivity contribution is 7.89. The molecular weight excluding hydrogens is 378 g/mol. The number of hydrogen-bond acceptors (Lipinski definition) is 5. The fourth-order valence-electron chi connectivity index (χ4n) is 3.40. The number of nitrogens with zero attached hydrogens (tertiary/aromatic N) is 2. The van der Waals surface area contributed by atoms with Crippen molar-refractivity contribution < 1.29 is 17.9 Å². The zero-order chi connectivity index (χ0) is 17.9. The molecule has 1 aromatic carbocycles. The monoisotopic (exact) mass is 403 g/mol. The molecule has 2 aliphatic rings. The van der Waals surface area contributed by atoms with Crippen molar-refractivity contribution in [3.8, 4) is 0 Å². The molecule has 2 saturated heterocycles. The van der Waals surface area contributed by atoms with Crippen molar-refractivity contribution in [1.29, 1.82) is 0 Å². The maximum atomic E-state index is 12.9.